The van der Waals surface area contributed by atoms with Crippen molar-refractivity contribution in [2.45, 2.75) is 18.9 Å². The number of hydrogen-bond acceptors (Lipinski definition) is 2. The number of anilines is 1. The molecule has 1 heterocycles. The molecule has 22 heavy (non-hydrogen) atoms. The molecule has 0 radical (unpaired) electrons. The van der Waals surface area contributed by atoms with Gasteiger partial charge < -0.3 is 5.32 Å². The standard InChI is InChI=1S/C18H18N2O2/c21-17-13-16(19-12-11-14-7-3-1-4-8-14)18(22)20(17)15-9-5-2-6-10-15/h1-10,16,19H,11-13H2/p+1. The number of carbonyl (C=O) groups is 2. The average Bonchev–Trinajstić information content (AvgIpc) is 2.83. The molecule has 0 aliphatic carbocycles. The maximum Gasteiger partial charge on any atom is 0.292 e. The van der Waals surface area contributed by atoms with Crippen molar-refractivity contribution in [2.75, 3.05) is 11.4 Å². The van der Waals surface area contributed by atoms with Gasteiger partial charge in [-0.15, -0.1) is 0 Å². The highest BCUT2D eigenvalue weighted by atomic mass is 16.2. The Bertz CT molecular complexity index is 655. The Kier molecular flexibility index (Phi) is 4.30. The summed E-state index contributed by atoms with van der Waals surface area (Å²) in [6.45, 7) is 0.802. The summed E-state index contributed by atoms with van der Waals surface area (Å²) in [5.74, 6) is -0.221. The van der Waals surface area contributed by atoms with Gasteiger partial charge >= 0.3 is 0 Å². The van der Waals surface area contributed by atoms with E-state index in [9.17, 15) is 9.59 Å². The zero-order chi connectivity index (χ0) is 15.4. The maximum atomic E-state index is 12.4. The normalized spacial score (nSPS) is 18.0. The number of para-hydroxylation sites is 1. The van der Waals surface area contributed by atoms with E-state index in [1.165, 1.54) is 10.5 Å². The molecule has 0 spiro atoms. The van der Waals surface area contributed by atoms with Crippen LogP contribution in [0.2, 0.25) is 0 Å². The molecule has 1 fully saturated rings. The van der Waals surface area contributed by atoms with Crippen LogP contribution in [-0.4, -0.2) is 24.4 Å². The summed E-state index contributed by atoms with van der Waals surface area (Å²) in [5.41, 5.74) is 1.91. The highest BCUT2D eigenvalue weighted by Gasteiger charge is 2.41. The third kappa shape index (κ3) is 3.07. The lowest BCUT2D eigenvalue weighted by molar-refractivity contribution is -0.674. The monoisotopic (exact) mass is 295 g/mol. The number of amides is 2. The predicted molar refractivity (Wildman–Crippen MR) is 84.3 cm³/mol. The van der Waals surface area contributed by atoms with Crippen molar-refractivity contribution in [3.05, 3.63) is 66.2 Å². The van der Waals surface area contributed by atoms with Gasteiger partial charge in [-0.2, -0.15) is 0 Å². The number of carbonyl (C=O) groups excluding carboxylic acids is 2. The zero-order valence-electron chi connectivity index (χ0n) is 12.3. The van der Waals surface area contributed by atoms with Crippen LogP contribution < -0.4 is 10.2 Å². The fourth-order valence-electron chi connectivity index (χ4n) is 2.78. The van der Waals surface area contributed by atoms with E-state index < -0.39 is 0 Å². The summed E-state index contributed by atoms with van der Waals surface area (Å²) in [6.07, 6.45) is 1.17. The largest absolute Gasteiger partial charge is 0.335 e. The van der Waals surface area contributed by atoms with Crippen LogP contribution >= 0.6 is 0 Å². The number of rotatable bonds is 5. The van der Waals surface area contributed by atoms with Gasteiger partial charge in [-0.05, 0) is 17.7 Å². The van der Waals surface area contributed by atoms with Gasteiger partial charge in [0, 0.05) is 6.42 Å². The molecule has 1 atom stereocenters. The molecule has 0 bridgehead atoms. The van der Waals surface area contributed by atoms with Crippen molar-refractivity contribution in [3.8, 4) is 0 Å². The highest BCUT2D eigenvalue weighted by molar-refractivity contribution is 6.21. The van der Waals surface area contributed by atoms with Crippen molar-refractivity contribution in [3.63, 3.8) is 0 Å². The zero-order valence-corrected chi connectivity index (χ0v) is 12.3. The highest BCUT2D eigenvalue weighted by Crippen LogP contribution is 2.20. The van der Waals surface area contributed by atoms with E-state index in [1.807, 2.05) is 41.7 Å². The molecule has 1 aliphatic rings. The molecule has 112 valence electrons. The molecule has 2 N–H and O–H groups in total. The minimum Gasteiger partial charge on any atom is -0.335 e. The van der Waals surface area contributed by atoms with Crippen molar-refractivity contribution in [2.24, 2.45) is 0 Å². The first kappa shape index (κ1) is 14.5. The summed E-state index contributed by atoms with van der Waals surface area (Å²) < 4.78 is 0. The molecule has 4 nitrogen and oxygen atoms in total. The second kappa shape index (κ2) is 6.54. The lowest BCUT2D eigenvalue weighted by Gasteiger charge is -2.13. The Morgan fingerprint density at radius 1 is 0.955 bits per heavy atom. The molecular formula is C18H19N2O2+. The first-order valence-electron chi connectivity index (χ1n) is 7.55. The summed E-state index contributed by atoms with van der Waals surface area (Å²) >= 11 is 0. The Hall–Kier alpha value is -2.46. The molecule has 4 heteroatoms. The summed E-state index contributed by atoms with van der Waals surface area (Å²) in [4.78, 5) is 25.9. The number of nitrogens with two attached hydrogens (primary N) is 1. The first-order valence-corrected chi connectivity index (χ1v) is 7.55. The molecule has 1 aliphatic heterocycles. The third-order valence-electron chi connectivity index (χ3n) is 3.92. The molecule has 2 aromatic carbocycles. The second-order valence-corrected chi connectivity index (χ2v) is 5.47. The van der Waals surface area contributed by atoms with Gasteiger partial charge in [-0.1, -0.05) is 48.5 Å². The number of benzene rings is 2. The fourth-order valence-corrected chi connectivity index (χ4v) is 2.78. The van der Waals surface area contributed by atoms with Crippen LogP contribution in [0.25, 0.3) is 0 Å². The Balaban J connectivity index is 1.60. The van der Waals surface area contributed by atoms with Crippen molar-refractivity contribution in [1.82, 2.24) is 0 Å². The van der Waals surface area contributed by atoms with E-state index in [4.69, 9.17) is 0 Å². The smallest absolute Gasteiger partial charge is 0.292 e. The minimum atomic E-state index is -0.295. The minimum absolute atomic E-state index is 0.107. The fraction of sp³-hybridized carbons (Fsp3) is 0.222. The van der Waals surface area contributed by atoms with E-state index in [0.29, 0.717) is 5.69 Å². The van der Waals surface area contributed by atoms with Crippen molar-refractivity contribution >= 4 is 17.5 Å². The SMILES string of the molecule is O=C1CC([NH2+]CCc2ccccc2)C(=O)N1c1ccccc1. The van der Waals surface area contributed by atoms with Crippen LogP contribution in [0.1, 0.15) is 12.0 Å². The van der Waals surface area contributed by atoms with Crippen molar-refractivity contribution in [1.29, 1.82) is 0 Å². The van der Waals surface area contributed by atoms with Crippen LogP contribution in [0.4, 0.5) is 5.69 Å². The van der Waals surface area contributed by atoms with Gasteiger partial charge in [-0.3, -0.25) is 9.59 Å². The van der Waals surface area contributed by atoms with Crippen molar-refractivity contribution < 1.29 is 14.9 Å². The van der Waals surface area contributed by atoms with Crippen LogP contribution in [0.3, 0.4) is 0 Å². The second-order valence-electron chi connectivity index (χ2n) is 5.47. The molecule has 2 amide bonds. The number of hydrogen-bond donors (Lipinski definition) is 1. The summed E-state index contributed by atoms with van der Waals surface area (Å²) in [5, 5.41) is 1.98. The first-order chi connectivity index (χ1) is 10.8. The molecule has 3 rings (SSSR count). The molecule has 0 saturated carbocycles. The number of nitrogens with zero attached hydrogens (tertiary/aromatic N) is 1. The quantitative estimate of drug-likeness (QED) is 0.841. The van der Waals surface area contributed by atoms with Crippen LogP contribution in [0, 0.1) is 0 Å². The summed E-state index contributed by atoms with van der Waals surface area (Å²) in [7, 11) is 0. The lowest BCUT2D eigenvalue weighted by atomic mass is 10.1. The van der Waals surface area contributed by atoms with Crippen LogP contribution in [-0.2, 0) is 16.0 Å². The Morgan fingerprint density at radius 3 is 2.27 bits per heavy atom. The maximum absolute atomic E-state index is 12.4. The van der Waals surface area contributed by atoms with Gasteiger partial charge in [0.15, 0.2) is 6.04 Å². The average molecular weight is 295 g/mol. The molecule has 2 aromatic rings. The van der Waals surface area contributed by atoms with E-state index in [2.05, 4.69) is 12.1 Å². The number of imide groups is 1. The van der Waals surface area contributed by atoms with E-state index >= 15 is 0 Å². The van der Waals surface area contributed by atoms with E-state index in [-0.39, 0.29) is 24.3 Å². The third-order valence-corrected chi connectivity index (χ3v) is 3.92. The lowest BCUT2D eigenvalue weighted by Crippen LogP contribution is -2.92. The van der Waals surface area contributed by atoms with Gasteiger partial charge in [0.1, 0.15) is 0 Å². The summed E-state index contributed by atoms with van der Waals surface area (Å²) in [6, 6.07) is 19.0. The van der Waals surface area contributed by atoms with Crippen LogP contribution in [0.15, 0.2) is 60.7 Å². The Labute approximate surface area is 129 Å². The molecule has 1 unspecified atom stereocenters. The van der Waals surface area contributed by atoms with Crippen LogP contribution in [0.5, 0.6) is 0 Å². The van der Waals surface area contributed by atoms with Gasteiger partial charge in [0.25, 0.3) is 5.91 Å². The molecule has 1 saturated heterocycles. The van der Waals surface area contributed by atoms with Gasteiger partial charge in [-0.25, -0.2) is 4.90 Å². The molecular weight excluding hydrogens is 276 g/mol. The predicted octanol–water partition coefficient (Wildman–Crippen LogP) is 1.12. The van der Waals surface area contributed by atoms with Gasteiger partial charge in [0.05, 0.1) is 18.7 Å². The van der Waals surface area contributed by atoms with Gasteiger partial charge in [0.2, 0.25) is 5.91 Å². The molecule has 0 aromatic heterocycles. The topological polar surface area (TPSA) is 54.0 Å². The van der Waals surface area contributed by atoms with E-state index in [1.54, 1.807) is 12.1 Å². The Morgan fingerprint density at radius 2 is 1.59 bits per heavy atom. The number of quaternary nitrogens is 1. The van der Waals surface area contributed by atoms with E-state index in [0.717, 1.165) is 13.0 Å².